The first-order chi connectivity index (χ1) is 7.45. The zero-order valence-corrected chi connectivity index (χ0v) is 11.6. The molecule has 0 aromatic carbocycles. The molecule has 5 heteroatoms. The quantitative estimate of drug-likeness (QED) is 0.443. The van der Waals surface area contributed by atoms with Gasteiger partial charge in [-0.1, -0.05) is 21.5 Å². The van der Waals surface area contributed by atoms with Crippen molar-refractivity contribution in [1.29, 1.82) is 0 Å². The van der Waals surface area contributed by atoms with Crippen molar-refractivity contribution in [3.8, 4) is 0 Å². The number of ether oxygens (including phenoxy) is 2. The van der Waals surface area contributed by atoms with Crippen LogP contribution in [0.5, 0.6) is 0 Å². The summed E-state index contributed by atoms with van der Waals surface area (Å²) in [4.78, 5) is 22.3. The Labute approximate surface area is 104 Å². The molecule has 0 fully saturated rings. The molecule has 0 saturated heterocycles. The summed E-state index contributed by atoms with van der Waals surface area (Å²) in [5, 5.41) is 0. The Balaban J connectivity index is 4.88. The molecule has 0 saturated carbocycles. The first-order valence-electron chi connectivity index (χ1n) is 5.10. The van der Waals surface area contributed by atoms with Crippen molar-refractivity contribution in [3.05, 3.63) is 11.1 Å². The van der Waals surface area contributed by atoms with Crippen LogP contribution in [0.2, 0.25) is 0 Å². The molecule has 0 heterocycles. The minimum absolute atomic E-state index is 0.276. The Kier molecular flexibility index (Phi) is 7.05. The summed E-state index contributed by atoms with van der Waals surface area (Å²) in [5.74, 6) is -0.968. The van der Waals surface area contributed by atoms with Gasteiger partial charge in [0.15, 0.2) is 0 Å². The smallest absolute Gasteiger partial charge is 0.335 e. The minimum Gasteiger partial charge on any atom is -0.465 e. The zero-order valence-electron chi connectivity index (χ0n) is 10.0. The molecule has 0 spiro atoms. The molecule has 0 aliphatic carbocycles. The molecule has 0 radical (unpaired) electrons. The van der Waals surface area contributed by atoms with E-state index < -0.39 is 16.8 Å². The molecular weight excluding hydrogens is 276 g/mol. The van der Waals surface area contributed by atoms with E-state index in [-0.39, 0.29) is 13.2 Å². The molecule has 1 atom stereocenters. The third kappa shape index (κ3) is 4.35. The van der Waals surface area contributed by atoms with E-state index in [0.717, 1.165) is 5.57 Å². The highest BCUT2D eigenvalue weighted by molar-refractivity contribution is 9.10. The van der Waals surface area contributed by atoms with Crippen LogP contribution in [-0.4, -0.2) is 30.0 Å². The summed E-state index contributed by atoms with van der Waals surface area (Å²) in [5.41, 5.74) is 1.04. The molecule has 0 rings (SSSR count). The van der Waals surface area contributed by atoms with Gasteiger partial charge in [0.05, 0.1) is 18.8 Å². The zero-order chi connectivity index (χ0) is 12.7. The van der Waals surface area contributed by atoms with Gasteiger partial charge in [-0.25, -0.2) is 4.79 Å². The van der Waals surface area contributed by atoms with E-state index in [1.54, 1.807) is 27.7 Å². The number of carbonyl (C=O) groups excluding carboxylic acids is 2. The van der Waals surface area contributed by atoms with E-state index >= 15 is 0 Å². The molecule has 0 amide bonds. The van der Waals surface area contributed by atoms with Crippen LogP contribution in [0.3, 0.4) is 0 Å². The van der Waals surface area contributed by atoms with E-state index in [4.69, 9.17) is 9.47 Å². The largest absolute Gasteiger partial charge is 0.465 e. The maximum absolute atomic E-state index is 11.6. The number of rotatable bonds is 5. The molecule has 0 aliphatic heterocycles. The number of halogens is 1. The van der Waals surface area contributed by atoms with Crippen molar-refractivity contribution >= 4 is 27.9 Å². The number of hydrogen-bond donors (Lipinski definition) is 0. The summed E-state index contributed by atoms with van der Waals surface area (Å²) >= 11 is 3.15. The topological polar surface area (TPSA) is 52.6 Å². The predicted octanol–water partition coefficient (Wildman–Crippen LogP) is 2.21. The first kappa shape index (κ1) is 15.2. The maximum atomic E-state index is 11.6. The van der Waals surface area contributed by atoms with Gasteiger partial charge in [-0.3, -0.25) is 4.79 Å². The van der Waals surface area contributed by atoms with Crippen LogP contribution >= 0.6 is 15.9 Å². The number of esters is 2. The van der Waals surface area contributed by atoms with E-state index in [2.05, 4.69) is 15.9 Å². The van der Waals surface area contributed by atoms with Crippen LogP contribution in [-0.2, 0) is 19.1 Å². The Morgan fingerprint density at radius 2 is 1.62 bits per heavy atom. The van der Waals surface area contributed by atoms with Crippen LogP contribution in [0, 0.1) is 0 Å². The Morgan fingerprint density at radius 1 is 1.12 bits per heavy atom. The second-order valence-electron chi connectivity index (χ2n) is 3.25. The first-order valence-corrected chi connectivity index (χ1v) is 6.02. The lowest BCUT2D eigenvalue weighted by Gasteiger charge is -2.14. The lowest BCUT2D eigenvalue weighted by atomic mass is 10.1. The average Bonchev–Trinajstić information content (AvgIpc) is 2.17. The van der Waals surface area contributed by atoms with Crippen molar-refractivity contribution < 1.29 is 19.1 Å². The maximum Gasteiger partial charge on any atom is 0.335 e. The van der Waals surface area contributed by atoms with Crippen molar-refractivity contribution in [2.45, 2.75) is 32.5 Å². The van der Waals surface area contributed by atoms with Gasteiger partial charge in [-0.15, -0.1) is 0 Å². The second kappa shape index (κ2) is 7.44. The van der Waals surface area contributed by atoms with Gasteiger partial charge in [0.1, 0.15) is 4.83 Å². The van der Waals surface area contributed by atoms with Gasteiger partial charge in [0.2, 0.25) is 0 Å². The molecule has 0 aromatic rings. The van der Waals surface area contributed by atoms with Crippen LogP contribution in [0.4, 0.5) is 0 Å². The SMILES string of the molecule is CCOC(=O)C(=C(C)C)C(Br)C(=O)OCC. The van der Waals surface area contributed by atoms with Gasteiger partial charge >= 0.3 is 11.9 Å². The van der Waals surface area contributed by atoms with Crippen molar-refractivity contribution in [1.82, 2.24) is 0 Å². The second-order valence-corrected chi connectivity index (χ2v) is 4.16. The molecule has 92 valence electrons. The van der Waals surface area contributed by atoms with Gasteiger partial charge in [0, 0.05) is 0 Å². The van der Waals surface area contributed by atoms with E-state index in [1.165, 1.54) is 0 Å². The molecule has 0 bridgehead atoms. The molecule has 4 nitrogen and oxygen atoms in total. The van der Waals surface area contributed by atoms with Crippen LogP contribution in [0.25, 0.3) is 0 Å². The summed E-state index contributed by atoms with van der Waals surface area (Å²) < 4.78 is 9.72. The van der Waals surface area contributed by atoms with Crippen molar-refractivity contribution in [2.24, 2.45) is 0 Å². The summed E-state index contributed by atoms with van der Waals surface area (Å²) in [6, 6.07) is 0. The van der Waals surface area contributed by atoms with Crippen molar-refractivity contribution in [2.75, 3.05) is 13.2 Å². The lowest BCUT2D eigenvalue weighted by molar-refractivity contribution is -0.145. The van der Waals surface area contributed by atoms with Crippen LogP contribution in [0.15, 0.2) is 11.1 Å². The average molecular weight is 293 g/mol. The lowest BCUT2D eigenvalue weighted by Crippen LogP contribution is -2.26. The summed E-state index contributed by atoms with van der Waals surface area (Å²) in [6.07, 6.45) is 0. The molecule has 0 aliphatic rings. The Bertz CT molecular complexity index is 292. The fourth-order valence-corrected chi connectivity index (χ4v) is 1.88. The standard InChI is InChI=1S/C11H17BrO4/c1-5-15-10(13)8(7(3)4)9(12)11(14)16-6-2/h9H,5-6H2,1-4H3. The van der Waals surface area contributed by atoms with E-state index in [1.807, 2.05) is 0 Å². The molecular formula is C11H17BrO4. The fourth-order valence-electron chi connectivity index (χ4n) is 1.10. The van der Waals surface area contributed by atoms with Crippen molar-refractivity contribution in [3.63, 3.8) is 0 Å². The Morgan fingerprint density at radius 3 is 2.00 bits per heavy atom. The normalized spacial score (nSPS) is 11.6. The van der Waals surface area contributed by atoms with Gasteiger partial charge in [-0.2, -0.15) is 0 Å². The third-order valence-electron chi connectivity index (χ3n) is 1.78. The highest BCUT2D eigenvalue weighted by atomic mass is 79.9. The van der Waals surface area contributed by atoms with Crippen LogP contribution < -0.4 is 0 Å². The molecule has 0 aromatic heterocycles. The Hall–Kier alpha value is -0.840. The van der Waals surface area contributed by atoms with Gasteiger partial charge in [0.25, 0.3) is 0 Å². The highest BCUT2D eigenvalue weighted by Crippen LogP contribution is 2.19. The monoisotopic (exact) mass is 292 g/mol. The summed E-state index contributed by atoms with van der Waals surface area (Å²) in [7, 11) is 0. The number of alkyl halides is 1. The molecule has 16 heavy (non-hydrogen) atoms. The number of allylic oxidation sites excluding steroid dienone is 1. The summed E-state index contributed by atoms with van der Waals surface area (Å²) in [6.45, 7) is 7.48. The molecule has 1 unspecified atom stereocenters. The van der Waals surface area contributed by atoms with E-state index in [9.17, 15) is 9.59 Å². The van der Waals surface area contributed by atoms with Gasteiger partial charge < -0.3 is 9.47 Å². The third-order valence-corrected chi connectivity index (χ3v) is 2.61. The minimum atomic E-state index is -0.767. The van der Waals surface area contributed by atoms with Gasteiger partial charge in [-0.05, 0) is 27.7 Å². The fraction of sp³-hybridized carbons (Fsp3) is 0.636. The highest BCUT2D eigenvalue weighted by Gasteiger charge is 2.28. The number of hydrogen-bond acceptors (Lipinski definition) is 4. The van der Waals surface area contributed by atoms with Crippen LogP contribution in [0.1, 0.15) is 27.7 Å². The predicted molar refractivity (Wildman–Crippen MR) is 64.4 cm³/mol. The molecule has 0 N–H and O–H groups in total. The number of carbonyl (C=O) groups is 2. The van der Waals surface area contributed by atoms with E-state index in [0.29, 0.717) is 5.57 Å².